The molecule has 0 aromatic carbocycles. The maximum Gasteiger partial charge on any atom is 0.276 e. The molecule has 0 spiro atoms. The summed E-state index contributed by atoms with van der Waals surface area (Å²) < 4.78 is 0. The van der Waals surface area contributed by atoms with Gasteiger partial charge in [0.25, 0.3) is 5.69 Å². The van der Waals surface area contributed by atoms with Crippen LogP contribution in [0, 0.1) is 10.1 Å². The number of nitrogens with zero attached hydrogens (tertiary/aromatic N) is 3. The number of hydrogen-bond donors (Lipinski definition) is 2. The molecule has 104 valence electrons. The molecule has 2 N–H and O–H groups in total. The van der Waals surface area contributed by atoms with Gasteiger partial charge in [-0.2, -0.15) is 0 Å². The van der Waals surface area contributed by atoms with Gasteiger partial charge in [-0.15, -0.1) is 0 Å². The molecule has 1 aromatic heterocycles. The molecular weight excluding hydrogens is 248 g/mol. The minimum Gasteiger partial charge on any atom is -0.388 e. The van der Waals surface area contributed by atoms with Crippen molar-refractivity contribution in [1.82, 2.24) is 4.98 Å². The SMILES string of the molecule is CCNc1cc([N+](=O)[O-])cc(N2CCC(C)(O)C2)n1. The molecule has 1 unspecified atom stereocenters. The number of aromatic nitrogens is 1. The van der Waals surface area contributed by atoms with Crippen molar-refractivity contribution in [2.24, 2.45) is 0 Å². The Bertz CT molecular complexity index is 490. The predicted molar refractivity (Wildman–Crippen MR) is 72.5 cm³/mol. The van der Waals surface area contributed by atoms with Gasteiger partial charge in [-0.05, 0) is 20.3 Å². The molecule has 19 heavy (non-hydrogen) atoms. The lowest BCUT2D eigenvalue weighted by Crippen LogP contribution is -2.30. The number of rotatable bonds is 4. The molecule has 7 heteroatoms. The van der Waals surface area contributed by atoms with Crippen molar-refractivity contribution in [3.05, 3.63) is 22.2 Å². The van der Waals surface area contributed by atoms with Crippen molar-refractivity contribution in [3.63, 3.8) is 0 Å². The van der Waals surface area contributed by atoms with Crippen LogP contribution < -0.4 is 10.2 Å². The molecule has 1 fully saturated rings. The van der Waals surface area contributed by atoms with Gasteiger partial charge in [0.05, 0.1) is 22.7 Å². The molecule has 0 saturated carbocycles. The van der Waals surface area contributed by atoms with Crippen LogP contribution in [-0.2, 0) is 0 Å². The van der Waals surface area contributed by atoms with Crippen LogP contribution in [0.15, 0.2) is 12.1 Å². The molecule has 1 aromatic rings. The van der Waals surface area contributed by atoms with Crippen LogP contribution in [0.4, 0.5) is 17.3 Å². The summed E-state index contributed by atoms with van der Waals surface area (Å²) >= 11 is 0. The fourth-order valence-corrected chi connectivity index (χ4v) is 2.18. The third-order valence-corrected chi connectivity index (χ3v) is 3.14. The van der Waals surface area contributed by atoms with Gasteiger partial charge in [0, 0.05) is 19.6 Å². The Morgan fingerprint density at radius 2 is 2.37 bits per heavy atom. The third kappa shape index (κ3) is 3.11. The summed E-state index contributed by atoms with van der Waals surface area (Å²) in [5.74, 6) is 1.01. The second kappa shape index (κ2) is 5.00. The van der Waals surface area contributed by atoms with E-state index in [1.165, 1.54) is 12.1 Å². The van der Waals surface area contributed by atoms with Crippen molar-refractivity contribution in [2.45, 2.75) is 25.9 Å². The van der Waals surface area contributed by atoms with Gasteiger partial charge in [0.1, 0.15) is 11.6 Å². The van der Waals surface area contributed by atoms with E-state index in [2.05, 4.69) is 10.3 Å². The number of β-amino-alcohol motifs (C(OH)–C–C–N with tert-alkyl or cyclic N) is 1. The quantitative estimate of drug-likeness (QED) is 0.632. The number of hydrogen-bond acceptors (Lipinski definition) is 6. The zero-order valence-corrected chi connectivity index (χ0v) is 11.1. The topological polar surface area (TPSA) is 91.5 Å². The summed E-state index contributed by atoms with van der Waals surface area (Å²) in [5, 5.41) is 23.9. The normalized spacial score (nSPS) is 22.6. The lowest BCUT2D eigenvalue weighted by molar-refractivity contribution is -0.384. The van der Waals surface area contributed by atoms with Gasteiger partial charge in [-0.3, -0.25) is 10.1 Å². The Balaban J connectivity index is 2.31. The van der Waals surface area contributed by atoms with E-state index in [9.17, 15) is 15.2 Å². The van der Waals surface area contributed by atoms with Crippen LogP contribution >= 0.6 is 0 Å². The van der Waals surface area contributed by atoms with E-state index in [-0.39, 0.29) is 5.69 Å². The maximum absolute atomic E-state index is 10.9. The van der Waals surface area contributed by atoms with Crippen LogP contribution in [-0.4, -0.2) is 40.2 Å². The molecular formula is C12H18N4O3. The van der Waals surface area contributed by atoms with Crippen LogP contribution in [0.3, 0.4) is 0 Å². The minimum atomic E-state index is -0.759. The van der Waals surface area contributed by atoms with Crippen molar-refractivity contribution in [2.75, 3.05) is 29.9 Å². The number of pyridine rings is 1. The summed E-state index contributed by atoms with van der Waals surface area (Å²) in [5.41, 5.74) is -0.752. The second-order valence-corrected chi connectivity index (χ2v) is 5.02. The van der Waals surface area contributed by atoms with Gasteiger partial charge in [-0.25, -0.2) is 4.98 Å². The maximum atomic E-state index is 10.9. The molecule has 0 aliphatic carbocycles. The zero-order chi connectivity index (χ0) is 14.0. The first-order chi connectivity index (χ1) is 8.91. The van der Waals surface area contributed by atoms with E-state index in [4.69, 9.17) is 0 Å². The number of nitro groups is 1. The fraction of sp³-hybridized carbons (Fsp3) is 0.583. The molecule has 0 bridgehead atoms. The largest absolute Gasteiger partial charge is 0.388 e. The first-order valence-electron chi connectivity index (χ1n) is 6.29. The molecule has 0 amide bonds. The zero-order valence-electron chi connectivity index (χ0n) is 11.1. The second-order valence-electron chi connectivity index (χ2n) is 5.02. The van der Waals surface area contributed by atoms with Crippen molar-refractivity contribution < 1.29 is 10.0 Å². The van der Waals surface area contributed by atoms with Crippen LogP contribution in [0.2, 0.25) is 0 Å². The van der Waals surface area contributed by atoms with Gasteiger partial charge >= 0.3 is 0 Å². The Morgan fingerprint density at radius 3 is 2.89 bits per heavy atom. The van der Waals surface area contributed by atoms with E-state index >= 15 is 0 Å². The fourth-order valence-electron chi connectivity index (χ4n) is 2.18. The van der Waals surface area contributed by atoms with E-state index in [0.717, 1.165) is 0 Å². The van der Waals surface area contributed by atoms with Crippen LogP contribution in [0.1, 0.15) is 20.3 Å². The van der Waals surface area contributed by atoms with Gasteiger partial charge in [-0.1, -0.05) is 0 Å². The van der Waals surface area contributed by atoms with Gasteiger partial charge < -0.3 is 15.3 Å². The summed E-state index contributed by atoms with van der Waals surface area (Å²) in [6.45, 7) is 5.39. The van der Waals surface area contributed by atoms with Crippen molar-refractivity contribution in [1.29, 1.82) is 0 Å². The molecule has 1 aliphatic heterocycles. The Labute approximate surface area is 111 Å². The highest BCUT2D eigenvalue weighted by molar-refractivity contribution is 5.56. The predicted octanol–water partition coefficient (Wildman–Crippen LogP) is 1.38. The highest BCUT2D eigenvalue weighted by Crippen LogP contribution is 2.29. The molecule has 1 aliphatic rings. The summed E-state index contributed by atoms with van der Waals surface area (Å²) in [4.78, 5) is 16.7. The van der Waals surface area contributed by atoms with E-state index in [1.54, 1.807) is 6.92 Å². The highest BCUT2D eigenvalue weighted by Gasteiger charge is 2.32. The smallest absolute Gasteiger partial charge is 0.276 e. The van der Waals surface area contributed by atoms with Crippen LogP contribution in [0.5, 0.6) is 0 Å². The third-order valence-electron chi connectivity index (χ3n) is 3.14. The van der Waals surface area contributed by atoms with Gasteiger partial charge in [0.2, 0.25) is 0 Å². The molecule has 1 atom stereocenters. The summed E-state index contributed by atoms with van der Waals surface area (Å²) in [6, 6.07) is 2.86. The van der Waals surface area contributed by atoms with Crippen molar-refractivity contribution >= 4 is 17.3 Å². The average Bonchev–Trinajstić information content (AvgIpc) is 2.70. The number of anilines is 2. The monoisotopic (exact) mass is 266 g/mol. The standard InChI is InChI=1S/C12H18N4O3/c1-3-13-10-6-9(16(18)19)7-11(14-10)15-5-4-12(2,17)8-15/h6-7,17H,3-5,8H2,1-2H3,(H,13,14). The lowest BCUT2D eigenvalue weighted by Gasteiger charge is -2.20. The van der Waals surface area contributed by atoms with Gasteiger partial charge in [0.15, 0.2) is 0 Å². The molecule has 7 nitrogen and oxygen atoms in total. The van der Waals surface area contributed by atoms with Crippen LogP contribution in [0.25, 0.3) is 0 Å². The summed E-state index contributed by atoms with van der Waals surface area (Å²) in [7, 11) is 0. The first kappa shape index (κ1) is 13.5. The summed E-state index contributed by atoms with van der Waals surface area (Å²) in [6.07, 6.45) is 0.633. The first-order valence-corrected chi connectivity index (χ1v) is 6.29. The number of nitrogens with one attached hydrogen (secondary N) is 1. The molecule has 2 heterocycles. The van der Waals surface area contributed by atoms with E-state index in [0.29, 0.717) is 37.7 Å². The lowest BCUT2D eigenvalue weighted by atomic mass is 10.1. The molecule has 2 rings (SSSR count). The number of aliphatic hydroxyl groups is 1. The molecule has 1 saturated heterocycles. The highest BCUT2D eigenvalue weighted by atomic mass is 16.6. The molecule has 0 radical (unpaired) electrons. The van der Waals surface area contributed by atoms with E-state index in [1.807, 2.05) is 11.8 Å². The average molecular weight is 266 g/mol. The van der Waals surface area contributed by atoms with Crippen molar-refractivity contribution in [3.8, 4) is 0 Å². The minimum absolute atomic E-state index is 0.00694. The van der Waals surface area contributed by atoms with E-state index < -0.39 is 10.5 Å². The Hall–Kier alpha value is -1.89. The Morgan fingerprint density at radius 1 is 1.63 bits per heavy atom. The Kier molecular flexibility index (Phi) is 3.57.